The van der Waals surface area contributed by atoms with Crippen molar-refractivity contribution in [2.75, 3.05) is 26.2 Å². The van der Waals surface area contributed by atoms with Gasteiger partial charge in [0.25, 0.3) is 0 Å². The van der Waals surface area contributed by atoms with Crippen LogP contribution >= 0.6 is 11.3 Å². The van der Waals surface area contributed by atoms with Gasteiger partial charge in [0.1, 0.15) is 5.01 Å². The molecule has 1 aromatic heterocycles. The molecule has 4 heteroatoms. The molecule has 3 aromatic rings. The van der Waals surface area contributed by atoms with Gasteiger partial charge in [-0.3, -0.25) is 4.90 Å². The monoisotopic (exact) mass is 351 g/mol. The maximum absolute atomic E-state index is 5.02. The van der Waals surface area contributed by atoms with Crippen molar-refractivity contribution >= 4 is 21.6 Å². The molecule has 1 aliphatic heterocycles. The van der Waals surface area contributed by atoms with Crippen LogP contribution in [0.1, 0.15) is 34.2 Å². The molecule has 1 atom stereocenters. The Balaban J connectivity index is 1.82. The highest BCUT2D eigenvalue weighted by Gasteiger charge is 2.27. The zero-order valence-corrected chi connectivity index (χ0v) is 15.8. The molecule has 4 rings (SSSR count). The lowest BCUT2D eigenvalue weighted by Gasteiger charge is -2.30. The minimum absolute atomic E-state index is 0.248. The van der Waals surface area contributed by atoms with Crippen LogP contribution in [0.25, 0.3) is 10.2 Å². The van der Waals surface area contributed by atoms with Crippen LogP contribution in [0.2, 0.25) is 0 Å². The van der Waals surface area contributed by atoms with Gasteiger partial charge in [0.2, 0.25) is 0 Å². The summed E-state index contributed by atoms with van der Waals surface area (Å²) in [4.78, 5) is 7.62. The molecule has 1 saturated heterocycles. The molecule has 1 fully saturated rings. The number of rotatable bonds is 3. The second-order valence-corrected chi connectivity index (χ2v) is 7.98. The molecule has 2 aromatic carbocycles. The second kappa shape index (κ2) is 7.24. The predicted octanol–water partition coefficient (Wildman–Crippen LogP) is 4.30. The number of nitrogens with zero attached hydrogens (tertiary/aromatic N) is 2. The smallest absolute Gasteiger partial charge is 0.116 e. The molecule has 3 nitrogen and oxygen atoms in total. The molecular weight excluding hydrogens is 326 g/mol. The number of nitrogens with one attached hydrogen (secondary N) is 1. The van der Waals surface area contributed by atoms with Crippen LogP contribution in [-0.4, -0.2) is 36.1 Å². The van der Waals surface area contributed by atoms with E-state index < -0.39 is 0 Å². The van der Waals surface area contributed by atoms with E-state index in [1.807, 2.05) is 11.3 Å². The minimum Gasteiger partial charge on any atom is -0.315 e. The van der Waals surface area contributed by atoms with E-state index in [2.05, 4.69) is 66.5 Å². The largest absolute Gasteiger partial charge is 0.315 e. The first-order valence-corrected chi connectivity index (χ1v) is 9.91. The summed E-state index contributed by atoms with van der Waals surface area (Å²) in [5.74, 6) is 0. The summed E-state index contributed by atoms with van der Waals surface area (Å²) in [5, 5.41) is 4.74. The first kappa shape index (κ1) is 16.7. The second-order valence-electron chi connectivity index (χ2n) is 6.92. The van der Waals surface area contributed by atoms with E-state index in [1.54, 1.807) is 0 Å². The van der Waals surface area contributed by atoms with Gasteiger partial charge < -0.3 is 5.32 Å². The van der Waals surface area contributed by atoms with Crippen LogP contribution in [-0.2, 0) is 0 Å². The van der Waals surface area contributed by atoms with Crippen molar-refractivity contribution in [3.8, 4) is 0 Å². The molecular formula is C21H25N3S. The Morgan fingerprint density at radius 2 is 1.96 bits per heavy atom. The highest BCUT2D eigenvalue weighted by molar-refractivity contribution is 7.18. The van der Waals surface area contributed by atoms with Gasteiger partial charge in [-0.15, -0.1) is 11.3 Å². The zero-order valence-electron chi connectivity index (χ0n) is 15.0. The third-order valence-corrected chi connectivity index (χ3v) is 6.09. The van der Waals surface area contributed by atoms with Gasteiger partial charge in [-0.05, 0) is 50.1 Å². The van der Waals surface area contributed by atoms with Crippen LogP contribution < -0.4 is 5.32 Å². The van der Waals surface area contributed by atoms with Crippen molar-refractivity contribution in [1.29, 1.82) is 0 Å². The average Bonchev–Trinajstić information content (AvgIpc) is 2.84. The zero-order chi connectivity index (χ0) is 17.2. The van der Waals surface area contributed by atoms with Gasteiger partial charge in [0.15, 0.2) is 0 Å². The third-order valence-electron chi connectivity index (χ3n) is 5.00. The maximum atomic E-state index is 5.02. The number of hydrogen-bond donors (Lipinski definition) is 1. The molecule has 2 heterocycles. The van der Waals surface area contributed by atoms with E-state index in [0.717, 1.165) is 31.7 Å². The molecule has 25 heavy (non-hydrogen) atoms. The lowest BCUT2D eigenvalue weighted by molar-refractivity contribution is 0.240. The average molecular weight is 352 g/mol. The summed E-state index contributed by atoms with van der Waals surface area (Å²) >= 11 is 1.84. The summed E-state index contributed by atoms with van der Waals surface area (Å²) in [7, 11) is 0. The lowest BCUT2D eigenvalue weighted by Crippen LogP contribution is -2.33. The Hall–Kier alpha value is -1.75. The molecule has 130 valence electrons. The SMILES string of the molecule is Cc1ccc(C(c2nc3ccccc3s2)N2CCCNCC2)c(C)c1. The first-order valence-electron chi connectivity index (χ1n) is 9.10. The highest BCUT2D eigenvalue weighted by atomic mass is 32.1. The van der Waals surface area contributed by atoms with Gasteiger partial charge in [0, 0.05) is 19.6 Å². The van der Waals surface area contributed by atoms with Gasteiger partial charge in [-0.1, -0.05) is 35.9 Å². The van der Waals surface area contributed by atoms with Crippen LogP contribution in [0, 0.1) is 13.8 Å². The van der Waals surface area contributed by atoms with Crippen LogP contribution in [0.5, 0.6) is 0 Å². The normalized spacial score (nSPS) is 17.5. The van der Waals surface area contributed by atoms with E-state index in [-0.39, 0.29) is 6.04 Å². The fraction of sp³-hybridized carbons (Fsp3) is 0.381. The van der Waals surface area contributed by atoms with Crippen molar-refractivity contribution < 1.29 is 0 Å². The molecule has 1 unspecified atom stereocenters. The maximum Gasteiger partial charge on any atom is 0.116 e. The molecule has 1 N–H and O–H groups in total. The summed E-state index contributed by atoms with van der Waals surface area (Å²) in [5.41, 5.74) is 5.19. The number of fused-ring (bicyclic) bond motifs is 1. The minimum atomic E-state index is 0.248. The Bertz CT molecular complexity index is 829. The van der Waals surface area contributed by atoms with E-state index in [0.29, 0.717) is 0 Å². The van der Waals surface area contributed by atoms with Gasteiger partial charge in [-0.2, -0.15) is 0 Å². The van der Waals surface area contributed by atoms with Crippen LogP contribution in [0.3, 0.4) is 0 Å². The third kappa shape index (κ3) is 3.47. The lowest BCUT2D eigenvalue weighted by atomic mass is 9.98. The summed E-state index contributed by atoms with van der Waals surface area (Å²) in [6.45, 7) is 8.73. The van der Waals surface area contributed by atoms with E-state index in [1.165, 1.54) is 32.8 Å². The number of para-hydroxylation sites is 1. The topological polar surface area (TPSA) is 28.2 Å². The van der Waals surface area contributed by atoms with Crippen molar-refractivity contribution in [3.63, 3.8) is 0 Å². The van der Waals surface area contributed by atoms with E-state index in [9.17, 15) is 0 Å². The van der Waals surface area contributed by atoms with Crippen LogP contribution in [0.15, 0.2) is 42.5 Å². The number of aromatic nitrogens is 1. The van der Waals surface area contributed by atoms with Crippen LogP contribution in [0.4, 0.5) is 0 Å². The molecule has 0 amide bonds. The highest BCUT2D eigenvalue weighted by Crippen LogP contribution is 2.36. The van der Waals surface area contributed by atoms with E-state index >= 15 is 0 Å². The molecule has 0 saturated carbocycles. The molecule has 0 bridgehead atoms. The fourth-order valence-corrected chi connectivity index (χ4v) is 4.87. The number of hydrogen-bond acceptors (Lipinski definition) is 4. The fourth-order valence-electron chi connectivity index (χ4n) is 3.75. The Labute approximate surface area is 153 Å². The Morgan fingerprint density at radius 3 is 2.80 bits per heavy atom. The molecule has 1 aliphatic rings. The molecule has 0 aliphatic carbocycles. The van der Waals surface area contributed by atoms with Gasteiger partial charge >= 0.3 is 0 Å². The quantitative estimate of drug-likeness (QED) is 0.763. The Kier molecular flexibility index (Phi) is 4.84. The molecule has 0 radical (unpaired) electrons. The first-order chi connectivity index (χ1) is 12.2. The van der Waals surface area contributed by atoms with Gasteiger partial charge in [-0.25, -0.2) is 4.98 Å². The summed E-state index contributed by atoms with van der Waals surface area (Å²) < 4.78 is 1.28. The number of aryl methyl sites for hydroxylation is 2. The number of thiazole rings is 1. The molecule has 0 spiro atoms. The van der Waals surface area contributed by atoms with Gasteiger partial charge in [0.05, 0.1) is 16.3 Å². The Morgan fingerprint density at radius 1 is 1.08 bits per heavy atom. The van der Waals surface area contributed by atoms with Crippen molar-refractivity contribution in [2.45, 2.75) is 26.3 Å². The van der Waals surface area contributed by atoms with E-state index in [4.69, 9.17) is 4.98 Å². The number of benzene rings is 2. The summed E-state index contributed by atoms with van der Waals surface area (Å²) in [6, 6.07) is 15.6. The van der Waals surface area contributed by atoms with Crippen molar-refractivity contribution in [1.82, 2.24) is 15.2 Å². The predicted molar refractivity (Wildman–Crippen MR) is 106 cm³/mol. The standard InChI is InChI=1S/C21H25N3S/c1-15-8-9-17(16(2)14-15)20(24-12-5-10-22-11-13-24)21-23-18-6-3-4-7-19(18)25-21/h3-4,6-9,14,20,22H,5,10-13H2,1-2H3. The van der Waals surface area contributed by atoms with Crippen molar-refractivity contribution in [3.05, 3.63) is 64.2 Å². The summed E-state index contributed by atoms with van der Waals surface area (Å²) in [6.07, 6.45) is 1.19. The van der Waals surface area contributed by atoms with Crippen molar-refractivity contribution in [2.24, 2.45) is 0 Å².